The number of hydrogen-bond donors (Lipinski definition) is 1. The summed E-state index contributed by atoms with van der Waals surface area (Å²) in [6.45, 7) is 5.61. The van der Waals surface area contributed by atoms with Crippen LogP contribution < -0.4 is 5.73 Å². The van der Waals surface area contributed by atoms with E-state index in [1.165, 1.54) is 49.9 Å². The second-order valence-corrected chi connectivity index (χ2v) is 8.54. The molecule has 0 saturated carbocycles. The van der Waals surface area contributed by atoms with Gasteiger partial charge in [-0.3, -0.25) is 9.80 Å². The highest BCUT2D eigenvalue weighted by molar-refractivity contribution is 5.37. The summed E-state index contributed by atoms with van der Waals surface area (Å²) in [4.78, 5) is 14.2. The molecule has 4 heterocycles. The first-order valence-electron chi connectivity index (χ1n) is 10.3. The minimum absolute atomic E-state index is 0.204. The Bertz CT molecular complexity index is 780. The molecule has 0 amide bonds. The van der Waals surface area contributed by atoms with Crippen molar-refractivity contribution in [2.75, 3.05) is 31.9 Å². The quantitative estimate of drug-likeness (QED) is 0.899. The van der Waals surface area contributed by atoms with Gasteiger partial charge in [-0.25, -0.2) is 9.97 Å². The summed E-state index contributed by atoms with van der Waals surface area (Å²) >= 11 is 0. The highest BCUT2D eigenvalue weighted by Gasteiger charge is 2.45. The molecule has 2 saturated heterocycles. The lowest BCUT2D eigenvalue weighted by atomic mass is 9.76. The standard InChI is InChI=1S/C21H29N5O/c22-20-23-13-16-4-8-21(19(16)24-20)7-2-9-26(15-21)17-5-10-25(11-6-17)14-18-3-1-12-27-18/h1,3,12-13,17H,2,4-11,14-15H2,(H2,22,23,24). The molecule has 2 aromatic heterocycles. The monoisotopic (exact) mass is 367 g/mol. The van der Waals surface area contributed by atoms with Crippen LogP contribution in [-0.4, -0.2) is 52.0 Å². The fourth-order valence-electron chi connectivity index (χ4n) is 5.50. The van der Waals surface area contributed by atoms with E-state index in [4.69, 9.17) is 10.2 Å². The summed E-state index contributed by atoms with van der Waals surface area (Å²) in [5, 5.41) is 0. The number of piperidine rings is 2. The van der Waals surface area contributed by atoms with E-state index in [9.17, 15) is 0 Å². The molecule has 144 valence electrons. The molecule has 2 aromatic rings. The summed E-state index contributed by atoms with van der Waals surface area (Å²) in [6, 6.07) is 4.75. The summed E-state index contributed by atoms with van der Waals surface area (Å²) in [5.74, 6) is 1.50. The summed E-state index contributed by atoms with van der Waals surface area (Å²) in [5.41, 5.74) is 8.69. The smallest absolute Gasteiger partial charge is 0.220 e. The number of nitrogens with zero attached hydrogens (tertiary/aromatic N) is 4. The lowest BCUT2D eigenvalue weighted by molar-refractivity contribution is 0.0545. The minimum Gasteiger partial charge on any atom is -0.468 e. The molecule has 27 heavy (non-hydrogen) atoms. The van der Waals surface area contributed by atoms with Crippen molar-refractivity contribution in [1.82, 2.24) is 19.8 Å². The van der Waals surface area contributed by atoms with Crippen molar-refractivity contribution in [3.05, 3.63) is 41.6 Å². The molecule has 2 N–H and O–H groups in total. The van der Waals surface area contributed by atoms with Crippen molar-refractivity contribution in [2.45, 2.75) is 56.5 Å². The molecular weight excluding hydrogens is 338 g/mol. The van der Waals surface area contributed by atoms with Gasteiger partial charge in [0.05, 0.1) is 18.5 Å². The second-order valence-electron chi connectivity index (χ2n) is 8.54. The van der Waals surface area contributed by atoms with Crippen LogP contribution in [0.2, 0.25) is 0 Å². The van der Waals surface area contributed by atoms with Crippen LogP contribution in [-0.2, 0) is 18.4 Å². The van der Waals surface area contributed by atoms with Crippen molar-refractivity contribution in [2.24, 2.45) is 0 Å². The fourth-order valence-corrected chi connectivity index (χ4v) is 5.50. The minimum atomic E-state index is 0.204. The molecular formula is C21H29N5O. The van der Waals surface area contributed by atoms with Gasteiger partial charge in [-0.05, 0) is 62.8 Å². The molecule has 0 radical (unpaired) electrons. The van der Waals surface area contributed by atoms with E-state index in [0.29, 0.717) is 12.0 Å². The van der Waals surface area contributed by atoms with E-state index >= 15 is 0 Å². The molecule has 1 aliphatic carbocycles. The van der Waals surface area contributed by atoms with E-state index in [0.717, 1.165) is 38.4 Å². The Morgan fingerprint density at radius 1 is 1.22 bits per heavy atom. The van der Waals surface area contributed by atoms with E-state index < -0.39 is 0 Å². The molecule has 2 fully saturated rings. The van der Waals surface area contributed by atoms with Gasteiger partial charge in [-0.1, -0.05) is 0 Å². The zero-order chi connectivity index (χ0) is 18.3. The molecule has 5 rings (SSSR count). The van der Waals surface area contributed by atoms with Crippen LogP contribution in [0, 0.1) is 0 Å². The van der Waals surface area contributed by atoms with Crippen LogP contribution in [0.5, 0.6) is 0 Å². The summed E-state index contributed by atoms with van der Waals surface area (Å²) in [6.07, 6.45) is 11.0. The molecule has 2 aliphatic heterocycles. The van der Waals surface area contributed by atoms with E-state index in [2.05, 4.69) is 25.8 Å². The van der Waals surface area contributed by atoms with Crippen molar-refractivity contribution in [3.8, 4) is 0 Å². The molecule has 3 aliphatic rings. The fraction of sp³-hybridized carbons (Fsp3) is 0.619. The molecule has 1 unspecified atom stereocenters. The van der Waals surface area contributed by atoms with Gasteiger partial charge in [0.1, 0.15) is 5.76 Å². The highest BCUT2D eigenvalue weighted by Crippen LogP contribution is 2.44. The third kappa shape index (κ3) is 3.25. The van der Waals surface area contributed by atoms with Crippen LogP contribution in [0.4, 0.5) is 5.95 Å². The Hall–Kier alpha value is -1.92. The van der Waals surface area contributed by atoms with Crippen LogP contribution in [0.25, 0.3) is 0 Å². The van der Waals surface area contributed by atoms with Crippen molar-refractivity contribution in [1.29, 1.82) is 0 Å². The van der Waals surface area contributed by atoms with Crippen molar-refractivity contribution < 1.29 is 4.42 Å². The average molecular weight is 367 g/mol. The molecule has 6 heteroatoms. The predicted octanol–water partition coefficient (Wildman–Crippen LogP) is 2.60. The SMILES string of the molecule is Nc1ncc2c(n1)C1(CCCN(C3CCN(Cc4ccco4)CC3)C1)CC2. The lowest BCUT2D eigenvalue weighted by Crippen LogP contribution is -2.52. The first kappa shape index (κ1) is 17.2. The Morgan fingerprint density at radius 3 is 2.93 bits per heavy atom. The number of furan rings is 1. The second kappa shape index (κ2) is 6.91. The number of rotatable bonds is 3. The van der Waals surface area contributed by atoms with E-state index in [1.807, 2.05) is 12.3 Å². The van der Waals surface area contributed by atoms with Crippen LogP contribution in [0.3, 0.4) is 0 Å². The number of nitrogen functional groups attached to an aromatic ring is 1. The van der Waals surface area contributed by atoms with Gasteiger partial charge >= 0.3 is 0 Å². The van der Waals surface area contributed by atoms with Crippen LogP contribution in [0.1, 0.15) is 49.1 Å². The Morgan fingerprint density at radius 2 is 2.11 bits per heavy atom. The Kier molecular flexibility index (Phi) is 4.40. The van der Waals surface area contributed by atoms with Gasteiger partial charge in [-0.15, -0.1) is 0 Å². The average Bonchev–Trinajstić information content (AvgIpc) is 3.32. The topological polar surface area (TPSA) is 71.4 Å². The number of likely N-dealkylation sites (tertiary alicyclic amines) is 2. The maximum Gasteiger partial charge on any atom is 0.220 e. The van der Waals surface area contributed by atoms with Gasteiger partial charge in [0.25, 0.3) is 0 Å². The molecule has 0 aromatic carbocycles. The van der Waals surface area contributed by atoms with Crippen LogP contribution >= 0.6 is 0 Å². The number of aryl methyl sites for hydroxylation is 1. The van der Waals surface area contributed by atoms with Crippen molar-refractivity contribution >= 4 is 5.95 Å². The normalized spacial score (nSPS) is 27.3. The van der Waals surface area contributed by atoms with E-state index in [1.54, 1.807) is 6.26 Å². The number of aromatic nitrogens is 2. The molecule has 0 bridgehead atoms. The molecule has 6 nitrogen and oxygen atoms in total. The Balaban J connectivity index is 1.25. The highest BCUT2D eigenvalue weighted by atomic mass is 16.3. The zero-order valence-electron chi connectivity index (χ0n) is 15.9. The van der Waals surface area contributed by atoms with Gasteiger partial charge in [-0.2, -0.15) is 0 Å². The maximum absolute atomic E-state index is 5.92. The zero-order valence-corrected chi connectivity index (χ0v) is 15.9. The summed E-state index contributed by atoms with van der Waals surface area (Å²) in [7, 11) is 0. The third-order valence-electron chi connectivity index (χ3n) is 6.90. The van der Waals surface area contributed by atoms with Gasteiger partial charge in [0.15, 0.2) is 0 Å². The largest absolute Gasteiger partial charge is 0.468 e. The third-order valence-corrected chi connectivity index (χ3v) is 6.90. The first-order chi connectivity index (χ1) is 13.2. The van der Waals surface area contributed by atoms with Crippen molar-refractivity contribution in [3.63, 3.8) is 0 Å². The van der Waals surface area contributed by atoms with Crippen LogP contribution in [0.15, 0.2) is 29.0 Å². The number of fused-ring (bicyclic) bond motifs is 2. The maximum atomic E-state index is 5.92. The number of hydrogen-bond acceptors (Lipinski definition) is 6. The van der Waals surface area contributed by atoms with Gasteiger partial charge in [0, 0.05) is 37.3 Å². The summed E-state index contributed by atoms with van der Waals surface area (Å²) < 4.78 is 5.51. The number of anilines is 1. The number of nitrogens with two attached hydrogens (primary N) is 1. The van der Waals surface area contributed by atoms with E-state index in [-0.39, 0.29) is 5.41 Å². The van der Waals surface area contributed by atoms with Gasteiger partial charge in [0.2, 0.25) is 5.95 Å². The first-order valence-corrected chi connectivity index (χ1v) is 10.3. The Labute approximate surface area is 160 Å². The molecule has 1 spiro atoms. The van der Waals surface area contributed by atoms with Gasteiger partial charge < -0.3 is 10.2 Å². The molecule has 1 atom stereocenters. The predicted molar refractivity (Wildman–Crippen MR) is 104 cm³/mol. The lowest BCUT2D eigenvalue weighted by Gasteiger charge is -2.46.